The summed E-state index contributed by atoms with van der Waals surface area (Å²) in [5.74, 6) is 1.86. The van der Waals surface area contributed by atoms with Gasteiger partial charge in [0.05, 0.1) is 19.8 Å². The van der Waals surface area contributed by atoms with Crippen LogP contribution in [-0.2, 0) is 16.7 Å². The molecule has 0 aliphatic rings. The molecule has 0 saturated carbocycles. The molecule has 0 aromatic heterocycles. The van der Waals surface area contributed by atoms with Gasteiger partial charge < -0.3 is 14.2 Å². The minimum Gasteiger partial charge on any atom is -0.494 e. The summed E-state index contributed by atoms with van der Waals surface area (Å²) in [7, 11) is 2.12. The maximum atomic E-state index is 5.88. The molecular weight excluding hydrogens is 526 g/mol. The van der Waals surface area contributed by atoms with Gasteiger partial charge in [0.1, 0.15) is 18.1 Å². The summed E-state index contributed by atoms with van der Waals surface area (Å²) in [5.41, 5.74) is 2.85. The maximum Gasteiger partial charge on any atom is 0.119 e. The molecule has 0 N–H and O–H groups in total. The van der Waals surface area contributed by atoms with Gasteiger partial charge in [-0.25, -0.2) is 0 Å². The molecule has 0 heterocycles. The summed E-state index contributed by atoms with van der Waals surface area (Å²) in [6.07, 6.45) is 7.28. The Labute approximate surface area is 236 Å². The van der Waals surface area contributed by atoms with Crippen LogP contribution in [0.1, 0.15) is 84.3 Å². The second-order valence-electron chi connectivity index (χ2n) is 9.96. The third kappa shape index (κ3) is 14.8. The van der Waals surface area contributed by atoms with Gasteiger partial charge in [0.25, 0.3) is 0 Å². The number of nitrogens with zero attached hydrogens (tertiary/aromatic N) is 1. The molecule has 2 aromatic rings. The summed E-state index contributed by atoms with van der Waals surface area (Å²) in [5, 5.41) is 1.03. The number of hydrogen-bond acceptors (Lipinski definition) is 4. The minimum atomic E-state index is 0.213. The lowest BCUT2D eigenvalue weighted by Crippen LogP contribution is -2.23. The highest BCUT2D eigenvalue weighted by Gasteiger charge is 2.19. The van der Waals surface area contributed by atoms with Crippen LogP contribution >= 0.6 is 15.9 Å². The molecular formula is C32H52BrNO3. The fraction of sp³-hybridized carbons (Fsp3) is 0.625. The van der Waals surface area contributed by atoms with Crippen molar-refractivity contribution < 1.29 is 14.2 Å². The Morgan fingerprint density at radius 1 is 0.811 bits per heavy atom. The van der Waals surface area contributed by atoms with Crippen LogP contribution in [0.25, 0.3) is 0 Å². The second-order valence-corrected chi connectivity index (χ2v) is 10.7. The lowest BCUT2D eigenvalue weighted by molar-refractivity contribution is 0.0836. The third-order valence-corrected chi connectivity index (χ3v) is 6.86. The second kappa shape index (κ2) is 20.4. The van der Waals surface area contributed by atoms with E-state index in [4.69, 9.17) is 14.2 Å². The summed E-state index contributed by atoms with van der Waals surface area (Å²) in [6, 6.07) is 17.0. The van der Waals surface area contributed by atoms with Crippen molar-refractivity contribution in [1.82, 2.24) is 4.90 Å². The quantitative estimate of drug-likeness (QED) is 0.123. The number of rotatable bonds is 19. The molecule has 0 spiro atoms. The van der Waals surface area contributed by atoms with E-state index in [0.717, 1.165) is 49.4 Å². The Bertz CT molecular complexity index is 810. The summed E-state index contributed by atoms with van der Waals surface area (Å²) < 4.78 is 17.5. The van der Waals surface area contributed by atoms with Crippen LogP contribution in [0.4, 0.5) is 0 Å². The molecule has 0 atom stereocenters. The van der Waals surface area contributed by atoms with Crippen LogP contribution in [0.3, 0.4) is 0 Å². The van der Waals surface area contributed by atoms with Crippen molar-refractivity contribution in [3.8, 4) is 11.5 Å². The molecule has 210 valence electrons. The van der Waals surface area contributed by atoms with E-state index in [2.05, 4.69) is 91.1 Å². The predicted octanol–water partition coefficient (Wildman–Crippen LogP) is 8.65. The number of benzene rings is 2. The van der Waals surface area contributed by atoms with E-state index in [1.54, 1.807) is 0 Å². The molecule has 0 aliphatic carbocycles. The summed E-state index contributed by atoms with van der Waals surface area (Å²) >= 11 is 3.46. The van der Waals surface area contributed by atoms with E-state index >= 15 is 0 Å². The molecule has 0 saturated heterocycles. The molecule has 5 heteroatoms. The zero-order valence-corrected chi connectivity index (χ0v) is 25.9. The Kier molecular flexibility index (Phi) is 18.5. The van der Waals surface area contributed by atoms with Crippen molar-refractivity contribution in [2.24, 2.45) is 0 Å². The van der Waals surface area contributed by atoms with E-state index in [0.29, 0.717) is 19.8 Å². The smallest absolute Gasteiger partial charge is 0.119 e. The Morgan fingerprint density at radius 2 is 1.54 bits per heavy atom. The number of hydrogen-bond donors (Lipinski definition) is 0. The first-order valence-corrected chi connectivity index (χ1v) is 15.3. The van der Waals surface area contributed by atoms with Crippen molar-refractivity contribution >= 4 is 15.9 Å². The fourth-order valence-corrected chi connectivity index (χ4v) is 4.41. The predicted molar refractivity (Wildman–Crippen MR) is 163 cm³/mol. The molecule has 4 nitrogen and oxygen atoms in total. The largest absolute Gasteiger partial charge is 0.494 e. The first-order valence-electron chi connectivity index (χ1n) is 14.2. The molecule has 37 heavy (non-hydrogen) atoms. The number of likely N-dealkylation sites (N-methyl/N-ethyl adjacent to an activating group) is 1. The first kappa shape index (κ1) is 33.5. The number of unbranched alkanes of at least 4 members (excludes halogenated alkanes) is 3. The van der Waals surface area contributed by atoms with E-state index in [1.807, 2.05) is 19.9 Å². The van der Waals surface area contributed by atoms with Crippen LogP contribution in [0.2, 0.25) is 0 Å². The molecule has 0 aliphatic heterocycles. The highest BCUT2D eigenvalue weighted by Crippen LogP contribution is 2.30. The Hall–Kier alpha value is -1.56. The SMILES string of the molecule is CC.CCCCCC(C)(C)c1ccc(OCCOCCN(C)Cc2cccc(OCCCCBr)c2)cc1. The van der Waals surface area contributed by atoms with Crippen LogP contribution in [0.15, 0.2) is 48.5 Å². The average molecular weight is 579 g/mol. The van der Waals surface area contributed by atoms with E-state index in [-0.39, 0.29) is 5.41 Å². The van der Waals surface area contributed by atoms with Crippen molar-refractivity contribution in [2.75, 3.05) is 45.4 Å². The third-order valence-electron chi connectivity index (χ3n) is 6.30. The van der Waals surface area contributed by atoms with Gasteiger partial charge in [-0.2, -0.15) is 0 Å². The zero-order valence-electron chi connectivity index (χ0n) is 24.4. The molecule has 0 bridgehead atoms. The van der Waals surface area contributed by atoms with Gasteiger partial charge in [-0.3, -0.25) is 4.90 Å². The summed E-state index contributed by atoms with van der Waals surface area (Å²) in [4.78, 5) is 2.27. The number of ether oxygens (including phenoxy) is 3. The van der Waals surface area contributed by atoms with Crippen LogP contribution in [0, 0.1) is 0 Å². The zero-order chi connectivity index (χ0) is 27.4. The minimum absolute atomic E-state index is 0.213. The van der Waals surface area contributed by atoms with Gasteiger partial charge in [-0.15, -0.1) is 0 Å². The average Bonchev–Trinajstić information content (AvgIpc) is 2.90. The van der Waals surface area contributed by atoms with Crippen molar-refractivity contribution in [1.29, 1.82) is 0 Å². The molecule has 0 unspecified atom stereocenters. The lowest BCUT2D eigenvalue weighted by atomic mass is 9.80. The van der Waals surface area contributed by atoms with Crippen LogP contribution < -0.4 is 9.47 Å². The fourth-order valence-electron chi connectivity index (χ4n) is 4.02. The van der Waals surface area contributed by atoms with Gasteiger partial charge >= 0.3 is 0 Å². The molecule has 0 fully saturated rings. The van der Waals surface area contributed by atoms with Crippen molar-refractivity contribution in [2.45, 2.75) is 85.1 Å². The molecule has 0 radical (unpaired) electrons. The first-order chi connectivity index (χ1) is 17.9. The Morgan fingerprint density at radius 3 is 2.24 bits per heavy atom. The highest BCUT2D eigenvalue weighted by atomic mass is 79.9. The van der Waals surface area contributed by atoms with Gasteiger partial charge in [-0.1, -0.05) is 94.1 Å². The number of alkyl halides is 1. The normalized spacial score (nSPS) is 11.2. The van der Waals surface area contributed by atoms with Crippen molar-refractivity contribution in [3.63, 3.8) is 0 Å². The standard InChI is InChI=1S/C30H46BrNO3.C2H6/c1-5-6-7-17-30(2,3)27-13-15-28(16-14-27)35-23-22-33-21-19-32(4)25-26-11-10-12-29(24-26)34-20-9-8-18-31;1-2/h10-16,24H,5-9,17-23,25H2,1-4H3;1-2H3. The van der Waals surface area contributed by atoms with Gasteiger partial charge in [-0.05, 0) is 67.1 Å². The Balaban J connectivity index is 0.00000334. The molecule has 2 aromatic carbocycles. The monoisotopic (exact) mass is 577 g/mol. The van der Waals surface area contributed by atoms with E-state index in [9.17, 15) is 0 Å². The van der Waals surface area contributed by atoms with Crippen LogP contribution in [0.5, 0.6) is 11.5 Å². The van der Waals surface area contributed by atoms with Crippen LogP contribution in [-0.4, -0.2) is 50.2 Å². The van der Waals surface area contributed by atoms with Gasteiger partial charge in [0.15, 0.2) is 0 Å². The number of halogens is 1. The van der Waals surface area contributed by atoms with Gasteiger partial charge in [0.2, 0.25) is 0 Å². The van der Waals surface area contributed by atoms with Gasteiger partial charge in [0, 0.05) is 18.4 Å². The topological polar surface area (TPSA) is 30.9 Å². The molecule has 0 amide bonds. The highest BCUT2D eigenvalue weighted by molar-refractivity contribution is 9.09. The summed E-state index contributed by atoms with van der Waals surface area (Å²) in [6.45, 7) is 15.3. The maximum absolute atomic E-state index is 5.88. The molecule has 2 rings (SSSR count). The van der Waals surface area contributed by atoms with Crippen molar-refractivity contribution in [3.05, 3.63) is 59.7 Å². The lowest BCUT2D eigenvalue weighted by Gasteiger charge is -2.25. The van der Waals surface area contributed by atoms with E-state index < -0.39 is 0 Å². The van der Waals surface area contributed by atoms with E-state index in [1.165, 1.54) is 36.8 Å².